The maximum Gasteiger partial charge on any atom is 0.0536 e. The van der Waals surface area contributed by atoms with E-state index in [1.54, 1.807) is 0 Å². The van der Waals surface area contributed by atoms with Crippen LogP contribution in [-0.4, -0.2) is 38.3 Å². The maximum atomic E-state index is 5.64. The van der Waals surface area contributed by atoms with Crippen LogP contribution < -0.4 is 0 Å². The maximum absolute atomic E-state index is 5.64. The summed E-state index contributed by atoms with van der Waals surface area (Å²) >= 11 is 0. The number of methoxy groups -OCH3 is 1. The first-order valence-corrected chi connectivity index (χ1v) is 7.82. The van der Waals surface area contributed by atoms with Crippen LogP contribution in [0.4, 0.5) is 0 Å². The zero-order valence-electron chi connectivity index (χ0n) is 13.2. The number of nitrogens with zero attached hydrogens (tertiary/aromatic N) is 1. The van der Waals surface area contributed by atoms with Gasteiger partial charge in [-0.05, 0) is 37.8 Å². The summed E-state index contributed by atoms with van der Waals surface area (Å²) in [5.74, 6) is 1.55. The molecule has 2 nitrogen and oxygen atoms in total. The van der Waals surface area contributed by atoms with Crippen molar-refractivity contribution in [2.45, 2.75) is 53.4 Å². The molecule has 1 fully saturated rings. The summed E-state index contributed by atoms with van der Waals surface area (Å²) in [6.45, 7) is 13.8. The summed E-state index contributed by atoms with van der Waals surface area (Å²) < 4.78 is 5.64. The topological polar surface area (TPSA) is 12.5 Å². The molecular weight excluding hydrogens is 222 g/mol. The molecule has 0 aromatic carbocycles. The first-order chi connectivity index (χ1) is 8.60. The van der Waals surface area contributed by atoms with Crippen LogP contribution in [0, 0.1) is 17.3 Å². The van der Waals surface area contributed by atoms with Gasteiger partial charge in [-0.15, -0.1) is 0 Å². The van der Waals surface area contributed by atoms with Crippen molar-refractivity contribution in [3.05, 3.63) is 0 Å². The van der Waals surface area contributed by atoms with E-state index in [4.69, 9.17) is 4.74 Å². The molecule has 18 heavy (non-hydrogen) atoms. The Bertz CT molecular complexity index is 219. The quantitative estimate of drug-likeness (QED) is 0.654. The lowest BCUT2D eigenvalue weighted by Crippen LogP contribution is -2.48. The second-order valence-electron chi connectivity index (χ2n) is 6.26. The standard InChI is InChI=1S/C16H33NO/c1-6-17(7-2)12-16(13-18-5,14(3)4)15-10-8-9-11-15/h14-15H,6-13H2,1-5H3. The van der Waals surface area contributed by atoms with E-state index in [-0.39, 0.29) is 0 Å². The smallest absolute Gasteiger partial charge is 0.0536 e. The van der Waals surface area contributed by atoms with Crippen molar-refractivity contribution in [2.75, 3.05) is 33.4 Å². The Kier molecular flexibility index (Phi) is 6.65. The van der Waals surface area contributed by atoms with Crippen LogP contribution in [0.25, 0.3) is 0 Å². The monoisotopic (exact) mass is 255 g/mol. The lowest BCUT2D eigenvalue weighted by atomic mass is 9.67. The summed E-state index contributed by atoms with van der Waals surface area (Å²) in [5, 5.41) is 0. The van der Waals surface area contributed by atoms with Gasteiger partial charge in [-0.3, -0.25) is 0 Å². The third-order valence-corrected chi connectivity index (χ3v) is 5.14. The summed E-state index contributed by atoms with van der Waals surface area (Å²) in [6, 6.07) is 0. The molecule has 2 heteroatoms. The second-order valence-corrected chi connectivity index (χ2v) is 6.26. The van der Waals surface area contributed by atoms with Gasteiger partial charge in [-0.25, -0.2) is 0 Å². The van der Waals surface area contributed by atoms with Gasteiger partial charge in [-0.1, -0.05) is 40.5 Å². The molecule has 0 aromatic rings. The van der Waals surface area contributed by atoms with Crippen LogP contribution in [-0.2, 0) is 4.74 Å². The Labute approximate surface area is 114 Å². The first-order valence-electron chi connectivity index (χ1n) is 7.82. The highest BCUT2D eigenvalue weighted by Crippen LogP contribution is 2.45. The molecule has 0 aromatic heterocycles. The molecule has 0 spiro atoms. The fourth-order valence-electron chi connectivity index (χ4n) is 3.75. The average molecular weight is 255 g/mol. The Hall–Kier alpha value is -0.0800. The van der Waals surface area contributed by atoms with E-state index in [1.165, 1.54) is 32.2 Å². The molecule has 108 valence electrons. The molecule has 1 aliphatic rings. The lowest BCUT2D eigenvalue weighted by molar-refractivity contribution is -0.0303. The highest BCUT2D eigenvalue weighted by molar-refractivity contribution is 4.93. The van der Waals surface area contributed by atoms with Crippen LogP contribution >= 0.6 is 0 Å². The normalized spacial score (nSPS) is 20.8. The van der Waals surface area contributed by atoms with Crippen molar-refractivity contribution in [3.8, 4) is 0 Å². The molecule has 0 heterocycles. The van der Waals surface area contributed by atoms with Gasteiger partial charge in [0.05, 0.1) is 6.61 Å². The van der Waals surface area contributed by atoms with E-state index in [1.807, 2.05) is 7.11 Å². The van der Waals surface area contributed by atoms with Gasteiger partial charge in [0.1, 0.15) is 0 Å². The highest BCUT2D eigenvalue weighted by Gasteiger charge is 2.43. The zero-order valence-corrected chi connectivity index (χ0v) is 13.2. The fraction of sp³-hybridized carbons (Fsp3) is 1.00. The molecule has 1 atom stereocenters. The average Bonchev–Trinajstić information content (AvgIpc) is 2.88. The SMILES string of the molecule is CCN(CC)CC(COC)(C(C)C)C1CCCC1. The molecule has 1 saturated carbocycles. The molecule has 1 aliphatic carbocycles. The zero-order chi connectivity index (χ0) is 13.6. The van der Waals surface area contributed by atoms with Gasteiger partial charge in [0.15, 0.2) is 0 Å². The molecule has 0 N–H and O–H groups in total. The van der Waals surface area contributed by atoms with Crippen molar-refractivity contribution in [1.29, 1.82) is 0 Å². The predicted molar refractivity (Wildman–Crippen MR) is 78.9 cm³/mol. The molecular formula is C16H33NO. The molecule has 1 unspecified atom stereocenters. The lowest BCUT2D eigenvalue weighted by Gasteiger charge is -2.45. The van der Waals surface area contributed by atoms with Gasteiger partial charge in [0.2, 0.25) is 0 Å². The van der Waals surface area contributed by atoms with Crippen molar-refractivity contribution in [2.24, 2.45) is 17.3 Å². The third-order valence-electron chi connectivity index (χ3n) is 5.14. The van der Waals surface area contributed by atoms with Crippen LogP contribution in [0.2, 0.25) is 0 Å². The van der Waals surface area contributed by atoms with E-state index >= 15 is 0 Å². The van der Waals surface area contributed by atoms with Crippen molar-refractivity contribution in [3.63, 3.8) is 0 Å². The summed E-state index contributed by atoms with van der Waals surface area (Å²) in [4.78, 5) is 2.58. The number of ether oxygens (including phenoxy) is 1. The van der Waals surface area contributed by atoms with Gasteiger partial charge >= 0.3 is 0 Å². The van der Waals surface area contributed by atoms with E-state index in [9.17, 15) is 0 Å². The summed E-state index contributed by atoms with van der Waals surface area (Å²) in [5.41, 5.74) is 0.358. The summed E-state index contributed by atoms with van der Waals surface area (Å²) in [7, 11) is 1.87. The third kappa shape index (κ3) is 3.48. The molecule has 0 amide bonds. The van der Waals surface area contributed by atoms with Crippen molar-refractivity contribution in [1.82, 2.24) is 4.90 Å². The van der Waals surface area contributed by atoms with Crippen LogP contribution in [0.5, 0.6) is 0 Å². The summed E-state index contributed by atoms with van der Waals surface area (Å²) in [6.07, 6.45) is 5.65. The Morgan fingerprint density at radius 1 is 1.17 bits per heavy atom. The van der Waals surface area contributed by atoms with Gasteiger partial charge in [0, 0.05) is 19.1 Å². The molecule has 0 aliphatic heterocycles. The number of rotatable bonds is 8. The Balaban J connectivity index is 2.88. The van der Waals surface area contributed by atoms with Crippen molar-refractivity contribution >= 4 is 0 Å². The second kappa shape index (κ2) is 7.49. The van der Waals surface area contributed by atoms with Crippen LogP contribution in [0.3, 0.4) is 0 Å². The van der Waals surface area contributed by atoms with E-state index in [2.05, 4.69) is 32.6 Å². The molecule has 1 rings (SSSR count). The van der Waals surface area contributed by atoms with Crippen LogP contribution in [0.1, 0.15) is 53.4 Å². The number of hydrogen-bond acceptors (Lipinski definition) is 2. The largest absolute Gasteiger partial charge is 0.384 e. The first kappa shape index (κ1) is 16.0. The van der Waals surface area contributed by atoms with E-state index in [0.717, 1.165) is 25.6 Å². The van der Waals surface area contributed by atoms with Gasteiger partial charge in [-0.2, -0.15) is 0 Å². The molecule has 0 bridgehead atoms. The highest BCUT2D eigenvalue weighted by atomic mass is 16.5. The minimum atomic E-state index is 0.358. The minimum Gasteiger partial charge on any atom is -0.384 e. The predicted octanol–water partition coefficient (Wildman–Crippen LogP) is 3.81. The minimum absolute atomic E-state index is 0.358. The van der Waals surface area contributed by atoms with E-state index in [0.29, 0.717) is 11.3 Å². The molecule has 0 saturated heterocycles. The van der Waals surface area contributed by atoms with Crippen LogP contribution in [0.15, 0.2) is 0 Å². The number of hydrogen-bond donors (Lipinski definition) is 0. The van der Waals surface area contributed by atoms with Gasteiger partial charge in [0.25, 0.3) is 0 Å². The van der Waals surface area contributed by atoms with E-state index < -0.39 is 0 Å². The fourth-order valence-corrected chi connectivity index (χ4v) is 3.75. The van der Waals surface area contributed by atoms with Gasteiger partial charge < -0.3 is 9.64 Å². The Morgan fingerprint density at radius 2 is 1.72 bits per heavy atom. The molecule has 0 radical (unpaired) electrons. The van der Waals surface area contributed by atoms with Crippen molar-refractivity contribution < 1.29 is 4.74 Å². The Morgan fingerprint density at radius 3 is 2.11 bits per heavy atom.